The lowest BCUT2D eigenvalue weighted by Crippen LogP contribution is -2.29. The number of nitrogens with zero attached hydrogens (tertiary/aromatic N) is 1. The highest BCUT2D eigenvalue weighted by Gasteiger charge is 2.16. The second-order valence-electron chi connectivity index (χ2n) is 6.40. The van der Waals surface area contributed by atoms with Crippen LogP contribution in [0.4, 0.5) is 17.1 Å². The Morgan fingerprint density at radius 1 is 0.967 bits per heavy atom. The molecule has 0 bridgehead atoms. The molecular weight excluding hydrogens is 388 g/mol. The fourth-order valence-electron chi connectivity index (χ4n) is 2.77. The van der Waals surface area contributed by atoms with E-state index in [0.717, 1.165) is 5.56 Å². The van der Waals surface area contributed by atoms with Gasteiger partial charge in [0.05, 0.1) is 18.9 Å². The van der Waals surface area contributed by atoms with E-state index in [1.807, 2.05) is 0 Å². The average Bonchev–Trinajstić information content (AvgIpc) is 3.24. The van der Waals surface area contributed by atoms with Crippen molar-refractivity contribution in [3.05, 3.63) is 54.6 Å². The van der Waals surface area contributed by atoms with Crippen LogP contribution >= 0.6 is 0 Å². The molecule has 0 unspecified atom stereocenters. The molecule has 1 aromatic heterocycles. The van der Waals surface area contributed by atoms with Gasteiger partial charge < -0.3 is 25.1 Å². The van der Waals surface area contributed by atoms with Gasteiger partial charge in [0.2, 0.25) is 5.91 Å². The van der Waals surface area contributed by atoms with Crippen LogP contribution in [0.25, 0.3) is 11.3 Å². The Bertz CT molecular complexity index is 1090. The minimum Gasteiger partial charge on any atom is -0.496 e. The van der Waals surface area contributed by atoms with Gasteiger partial charge in [-0.15, -0.1) is 0 Å². The van der Waals surface area contributed by atoms with Crippen LogP contribution in [0.3, 0.4) is 0 Å². The van der Waals surface area contributed by atoms with Crippen molar-refractivity contribution in [1.29, 1.82) is 0 Å². The van der Waals surface area contributed by atoms with Gasteiger partial charge in [-0.1, -0.05) is 0 Å². The molecule has 3 N–H and O–H groups in total. The number of hydrogen-bond acceptors (Lipinski definition) is 6. The zero-order valence-corrected chi connectivity index (χ0v) is 16.6. The summed E-state index contributed by atoms with van der Waals surface area (Å²) < 4.78 is 10.6. The normalized spacial score (nSPS) is 10.2. The first-order valence-corrected chi connectivity index (χ1v) is 8.95. The Balaban J connectivity index is 1.68. The Kier molecular flexibility index (Phi) is 6.11. The van der Waals surface area contributed by atoms with Crippen molar-refractivity contribution in [2.24, 2.45) is 0 Å². The molecule has 0 radical (unpaired) electrons. The van der Waals surface area contributed by atoms with E-state index in [9.17, 15) is 14.4 Å². The first kappa shape index (κ1) is 20.6. The van der Waals surface area contributed by atoms with Crippen LogP contribution in [0.2, 0.25) is 0 Å². The molecule has 3 amide bonds. The highest BCUT2D eigenvalue weighted by molar-refractivity contribution is 6.43. The predicted octanol–water partition coefficient (Wildman–Crippen LogP) is 3.19. The van der Waals surface area contributed by atoms with E-state index in [1.54, 1.807) is 49.5 Å². The van der Waals surface area contributed by atoms with E-state index in [0.29, 0.717) is 34.1 Å². The zero-order valence-electron chi connectivity index (χ0n) is 16.6. The average molecular weight is 408 g/mol. The van der Waals surface area contributed by atoms with Crippen LogP contribution in [0, 0.1) is 6.92 Å². The lowest BCUT2D eigenvalue weighted by Gasteiger charge is -2.11. The minimum atomic E-state index is -0.840. The van der Waals surface area contributed by atoms with Crippen molar-refractivity contribution in [2.75, 3.05) is 23.1 Å². The summed E-state index contributed by atoms with van der Waals surface area (Å²) in [6.07, 6.45) is 2.85. The SMILES string of the molecule is COc1cc(NC(=O)C(=O)Nc2ccc(NC(C)=O)c(C)c2)ccc1-c1cnco1. The van der Waals surface area contributed by atoms with Crippen molar-refractivity contribution < 1.29 is 23.5 Å². The number of amides is 3. The van der Waals surface area contributed by atoms with E-state index < -0.39 is 11.8 Å². The van der Waals surface area contributed by atoms with Crippen molar-refractivity contribution >= 4 is 34.8 Å². The molecule has 3 aromatic rings. The molecule has 9 nitrogen and oxygen atoms in total. The molecule has 0 aliphatic heterocycles. The number of oxazole rings is 1. The number of aryl methyl sites for hydroxylation is 1. The molecule has 9 heteroatoms. The molecule has 30 heavy (non-hydrogen) atoms. The molecule has 154 valence electrons. The standard InChI is InChI=1S/C21H20N4O5/c1-12-8-14(5-7-17(12)23-13(2)26)24-20(27)21(28)25-15-4-6-16(18(9-15)29-3)19-10-22-11-30-19/h4-11H,1-3H3,(H,23,26)(H,24,27)(H,25,28). The van der Waals surface area contributed by atoms with E-state index in [-0.39, 0.29) is 5.91 Å². The third-order valence-electron chi connectivity index (χ3n) is 4.16. The van der Waals surface area contributed by atoms with Gasteiger partial charge >= 0.3 is 11.8 Å². The van der Waals surface area contributed by atoms with Crippen molar-refractivity contribution in [2.45, 2.75) is 13.8 Å². The molecule has 0 aliphatic rings. The largest absolute Gasteiger partial charge is 0.496 e. The minimum absolute atomic E-state index is 0.195. The summed E-state index contributed by atoms with van der Waals surface area (Å²) in [7, 11) is 1.49. The van der Waals surface area contributed by atoms with Gasteiger partial charge in [0, 0.05) is 30.1 Å². The molecule has 2 aromatic carbocycles. The van der Waals surface area contributed by atoms with Crippen molar-refractivity contribution in [3.8, 4) is 17.1 Å². The molecule has 0 aliphatic carbocycles. The Hall–Kier alpha value is -4.14. The van der Waals surface area contributed by atoms with Crippen LogP contribution in [-0.4, -0.2) is 29.8 Å². The number of anilines is 3. The second-order valence-corrected chi connectivity index (χ2v) is 6.40. The quantitative estimate of drug-likeness (QED) is 0.557. The summed E-state index contributed by atoms with van der Waals surface area (Å²) in [6, 6.07) is 9.80. The molecule has 0 atom stereocenters. The molecule has 0 fully saturated rings. The molecule has 3 rings (SSSR count). The maximum Gasteiger partial charge on any atom is 0.314 e. The van der Waals surface area contributed by atoms with E-state index in [2.05, 4.69) is 20.9 Å². The summed E-state index contributed by atoms with van der Waals surface area (Å²) in [4.78, 5) is 39.6. The van der Waals surface area contributed by atoms with Crippen LogP contribution in [-0.2, 0) is 14.4 Å². The smallest absolute Gasteiger partial charge is 0.314 e. The molecular formula is C21H20N4O5. The molecule has 0 saturated carbocycles. The van der Waals surface area contributed by atoms with Crippen molar-refractivity contribution in [1.82, 2.24) is 4.98 Å². The summed E-state index contributed by atoms with van der Waals surface area (Å²) >= 11 is 0. The number of carbonyl (C=O) groups excluding carboxylic acids is 3. The van der Waals surface area contributed by atoms with Gasteiger partial charge in [-0.2, -0.15) is 0 Å². The number of rotatable bonds is 5. The maximum atomic E-state index is 12.3. The highest BCUT2D eigenvalue weighted by atomic mass is 16.5. The zero-order chi connectivity index (χ0) is 21.7. The summed E-state index contributed by atoms with van der Waals surface area (Å²) in [5.41, 5.74) is 2.85. The van der Waals surface area contributed by atoms with Crippen LogP contribution in [0.1, 0.15) is 12.5 Å². The molecule has 0 spiro atoms. The van der Waals surface area contributed by atoms with Gasteiger partial charge in [0.25, 0.3) is 0 Å². The number of methoxy groups -OCH3 is 1. The Labute approximate surface area is 172 Å². The van der Waals surface area contributed by atoms with Crippen LogP contribution in [0.5, 0.6) is 5.75 Å². The lowest BCUT2D eigenvalue weighted by atomic mass is 10.1. The molecule has 1 heterocycles. The number of ether oxygens (including phenoxy) is 1. The van der Waals surface area contributed by atoms with E-state index in [4.69, 9.17) is 9.15 Å². The number of benzene rings is 2. The van der Waals surface area contributed by atoms with Gasteiger partial charge in [0.1, 0.15) is 5.75 Å². The summed E-state index contributed by atoms with van der Waals surface area (Å²) in [6.45, 7) is 3.19. The van der Waals surface area contributed by atoms with Gasteiger partial charge in [-0.3, -0.25) is 14.4 Å². The first-order valence-electron chi connectivity index (χ1n) is 8.95. The predicted molar refractivity (Wildman–Crippen MR) is 111 cm³/mol. The molecule has 0 saturated heterocycles. The van der Waals surface area contributed by atoms with Gasteiger partial charge in [0.15, 0.2) is 12.2 Å². The Morgan fingerprint density at radius 2 is 1.63 bits per heavy atom. The van der Waals surface area contributed by atoms with Crippen LogP contribution in [0.15, 0.2) is 53.4 Å². The topological polar surface area (TPSA) is 123 Å². The van der Waals surface area contributed by atoms with Crippen LogP contribution < -0.4 is 20.7 Å². The van der Waals surface area contributed by atoms with E-state index in [1.165, 1.54) is 20.4 Å². The Morgan fingerprint density at radius 3 is 2.20 bits per heavy atom. The second kappa shape index (κ2) is 8.91. The number of hydrogen-bond donors (Lipinski definition) is 3. The highest BCUT2D eigenvalue weighted by Crippen LogP contribution is 2.32. The van der Waals surface area contributed by atoms with Crippen molar-refractivity contribution in [3.63, 3.8) is 0 Å². The number of carbonyl (C=O) groups is 3. The maximum absolute atomic E-state index is 12.3. The summed E-state index contributed by atoms with van der Waals surface area (Å²) in [5, 5.41) is 7.74. The third kappa shape index (κ3) is 4.82. The number of nitrogens with one attached hydrogen (secondary N) is 3. The monoisotopic (exact) mass is 408 g/mol. The summed E-state index contributed by atoms with van der Waals surface area (Å²) in [5.74, 6) is -0.901. The van der Waals surface area contributed by atoms with Gasteiger partial charge in [-0.25, -0.2) is 4.98 Å². The third-order valence-corrected chi connectivity index (χ3v) is 4.16. The lowest BCUT2D eigenvalue weighted by molar-refractivity contribution is -0.132. The fraction of sp³-hybridized carbons (Fsp3) is 0.143. The fourth-order valence-corrected chi connectivity index (χ4v) is 2.77. The first-order chi connectivity index (χ1) is 14.4. The van der Waals surface area contributed by atoms with Gasteiger partial charge in [-0.05, 0) is 42.8 Å². The number of aromatic nitrogens is 1. The van der Waals surface area contributed by atoms with E-state index >= 15 is 0 Å².